The molecule has 1 aliphatic rings. The number of hydrogen-bond acceptors (Lipinski definition) is 2. The summed E-state index contributed by atoms with van der Waals surface area (Å²) in [5.41, 5.74) is 5.38. The van der Waals surface area contributed by atoms with Crippen molar-refractivity contribution < 1.29 is 4.79 Å². The van der Waals surface area contributed by atoms with E-state index in [1.807, 2.05) is 30.1 Å². The van der Waals surface area contributed by atoms with Crippen LogP contribution in [0.1, 0.15) is 48.1 Å². The van der Waals surface area contributed by atoms with Crippen LogP contribution in [0.3, 0.4) is 0 Å². The number of rotatable bonds is 6. The third kappa shape index (κ3) is 4.93. The van der Waals surface area contributed by atoms with E-state index in [0.717, 1.165) is 6.54 Å². The number of carbonyl (C=O) groups excluding carboxylic acids is 1. The molecule has 1 N–H and O–H groups in total. The molecule has 1 unspecified atom stereocenters. The number of benzene rings is 2. The van der Waals surface area contributed by atoms with E-state index >= 15 is 0 Å². The molecule has 0 aromatic heterocycles. The maximum absolute atomic E-state index is 12.4. The highest BCUT2D eigenvalue weighted by molar-refractivity contribution is 5.78. The lowest BCUT2D eigenvalue weighted by Crippen LogP contribution is -2.36. The second kappa shape index (κ2) is 8.30. The zero-order valence-electron chi connectivity index (χ0n) is 15.3. The molecule has 0 heterocycles. The third-order valence-corrected chi connectivity index (χ3v) is 4.96. The van der Waals surface area contributed by atoms with Crippen molar-refractivity contribution in [1.82, 2.24) is 10.2 Å². The van der Waals surface area contributed by atoms with Crippen molar-refractivity contribution in [3.05, 3.63) is 70.8 Å². The maximum Gasteiger partial charge on any atom is 0.234 e. The number of aryl methyl sites for hydroxylation is 2. The zero-order chi connectivity index (χ0) is 17.6. The van der Waals surface area contributed by atoms with Gasteiger partial charge in [-0.2, -0.15) is 0 Å². The summed E-state index contributed by atoms with van der Waals surface area (Å²) in [6.07, 6.45) is 4.94. The van der Waals surface area contributed by atoms with Gasteiger partial charge >= 0.3 is 0 Å². The summed E-state index contributed by atoms with van der Waals surface area (Å²) in [6, 6.07) is 17.0. The Morgan fingerprint density at radius 3 is 2.56 bits per heavy atom. The topological polar surface area (TPSA) is 32.3 Å². The fourth-order valence-corrected chi connectivity index (χ4v) is 3.59. The van der Waals surface area contributed by atoms with Crippen LogP contribution in [-0.4, -0.2) is 24.4 Å². The van der Waals surface area contributed by atoms with E-state index in [4.69, 9.17) is 0 Å². The molecule has 2 aromatic rings. The Morgan fingerprint density at radius 1 is 1.08 bits per heavy atom. The first kappa shape index (κ1) is 17.7. The van der Waals surface area contributed by atoms with Crippen molar-refractivity contribution in [2.24, 2.45) is 0 Å². The van der Waals surface area contributed by atoms with Crippen molar-refractivity contribution in [3.8, 4) is 0 Å². The Balaban J connectivity index is 1.53. The fourth-order valence-electron chi connectivity index (χ4n) is 3.59. The number of carbonyl (C=O) groups is 1. The van der Waals surface area contributed by atoms with Gasteiger partial charge in [0.15, 0.2) is 0 Å². The number of nitrogens with zero attached hydrogens (tertiary/aromatic N) is 1. The van der Waals surface area contributed by atoms with Gasteiger partial charge in [0.25, 0.3) is 0 Å². The van der Waals surface area contributed by atoms with E-state index < -0.39 is 0 Å². The number of nitrogens with one attached hydrogen (secondary N) is 1. The Bertz CT molecular complexity index is 711. The Hall–Kier alpha value is -2.13. The molecule has 3 nitrogen and oxygen atoms in total. The first-order valence-electron chi connectivity index (χ1n) is 9.25. The van der Waals surface area contributed by atoms with Crippen LogP contribution in [0.15, 0.2) is 48.5 Å². The second-order valence-electron chi connectivity index (χ2n) is 7.18. The molecule has 0 bridgehead atoms. The summed E-state index contributed by atoms with van der Waals surface area (Å²) in [4.78, 5) is 14.4. The number of hydrogen-bond donors (Lipinski definition) is 1. The van der Waals surface area contributed by atoms with Gasteiger partial charge in [0, 0.05) is 6.54 Å². The first-order chi connectivity index (χ1) is 12.1. The molecule has 2 aromatic carbocycles. The molecular weight excluding hydrogens is 308 g/mol. The predicted molar refractivity (Wildman–Crippen MR) is 102 cm³/mol. The maximum atomic E-state index is 12.4. The van der Waals surface area contributed by atoms with Crippen LogP contribution in [-0.2, 0) is 24.2 Å². The highest BCUT2D eigenvalue weighted by atomic mass is 16.2. The minimum Gasteiger partial charge on any atom is -0.348 e. The molecule has 0 aliphatic heterocycles. The molecule has 3 rings (SSSR count). The fraction of sp³-hybridized carbons (Fsp3) is 0.409. The number of amides is 1. The van der Waals surface area contributed by atoms with Gasteiger partial charge in [-0.25, -0.2) is 0 Å². The van der Waals surface area contributed by atoms with E-state index in [9.17, 15) is 4.79 Å². The Morgan fingerprint density at radius 2 is 1.80 bits per heavy atom. The summed E-state index contributed by atoms with van der Waals surface area (Å²) < 4.78 is 0. The van der Waals surface area contributed by atoms with Crippen molar-refractivity contribution in [2.75, 3.05) is 13.6 Å². The molecule has 0 saturated heterocycles. The van der Waals surface area contributed by atoms with Crippen molar-refractivity contribution >= 4 is 5.91 Å². The molecule has 0 saturated carbocycles. The lowest BCUT2D eigenvalue weighted by Gasteiger charge is -2.21. The van der Waals surface area contributed by atoms with Crippen molar-refractivity contribution in [1.29, 1.82) is 0 Å². The number of likely N-dealkylation sites (N-methyl/N-ethyl adjacent to an activating group) is 1. The molecule has 1 atom stereocenters. The van der Waals surface area contributed by atoms with Crippen LogP contribution in [0.5, 0.6) is 0 Å². The molecule has 25 heavy (non-hydrogen) atoms. The molecule has 1 aliphatic carbocycles. The van der Waals surface area contributed by atoms with Gasteiger partial charge < -0.3 is 5.32 Å². The van der Waals surface area contributed by atoms with Crippen LogP contribution in [0, 0.1) is 0 Å². The number of fused-ring (bicyclic) bond motifs is 1. The Labute approximate surface area is 151 Å². The van der Waals surface area contributed by atoms with Crippen LogP contribution in [0.2, 0.25) is 0 Å². The predicted octanol–water partition coefficient (Wildman–Crippen LogP) is 3.87. The summed E-state index contributed by atoms with van der Waals surface area (Å²) in [6.45, 7) is 3.26. The summed E-state index contributed by atoms with van der Waals surface area (Å²) in [5.74, 6) is 0.0728. The van der Waals surface area contributed by atoms with E-state index in [2.05, 4.69) is 42.6 Å². The largest absolute Gasteiger partial charge is 0.348 e. The third-order valence-electron chi connectivity index (χ3n) is 4.96. The molecule has 1 amide bonds. The van der Waals surface area contributed by atoms with Gasteiger partial charge in [-0.1, -0.05) is 48.5 Å². The quantitative estimate of drug-likeness (QED) is 0.868. The van der Waals surface area contributed by atoms with Crippen molar-refractivity contribution in [3.63, 3.8) is 0 Å². The van der Waals surface area contributed by atoms with Crippen LogP contribution in [0.25, 0.3) is 0 Å². The van der Waals surface area contributed by atoms with Gasteiger partial charge in [0.05, 0.1) is 12.6 Å². The molecule has 0 fully saturated rings. The first-order valence-corrected chi connectivity index (χ1v) is 9.25. The van der Waals surface area contributed by atoms with Crippen LogP contribution >= 0.6 is 0 Å². The summed E-state index contributed by atoms with van der Waals surface area (Å²) in [7, 11) is 1.98. The average molecular weight is 336 g/mol. The van der Waals surface area contributed by atoms with Crippen LogP contribution in [0.4, 0.5) is 0 Å². The Kier molecular flexibility index (Phi) is 5.87. The van der Waals surface area contributed by atoms with Gasteiger partial charge in [0.2, 0.25) is 5.91 Å². The van der Waals surface area contributed by atoms with Crippen molar-refractivity contribution in [2.45, 2.75) is 45.2 Å². The monoisotopic (exact) mass is 336 g/mol. The zero-order valence-corrected chi connectivity index (χ0v) is 15.3. The lowest BCUT2D eigenvalue weighted by molar-refractivity contribution is -0.122. The highest BCUT2D eigenvalue weighted by Crippen LogP contribution is 2.24. The summed E-state index contributed by atoms with van der Waals surface area (Å²) >= 11 is 0. The lowest BCUT2D eigenvalue weighted by atomic mass is 9.89. The van der Waals surface area contributed by atoms with E-state index in [-0.39, 0.29) is 11.9 Å². The van der Waals surface area contributed by atoms with Gasteiger partial charge in [-0.05, 0) is 61.9 Å². The average Bonchev–Trinajstić information content (AvgIpc) is 2.61. The smallest absolute Gasteiger partial charge is 0.234 e. The second-order valence-corrected chi connectivity index (χ2v) is 7.18. The van der Waals surface area contributed by atoms with Crippen LogP contribution < -0.4 is 5.32 Å². The normalized spacial score (nSPS) is 14.8. The molecule has 132 valence electrons. The highest BCUT2D eigenvalue weighted by Gasteiger charge is 2.15. The van der Waals surface area contributed by atoms with E-state index in [1.54, 1.807) is 0 Å². The molecule has 3 heteroatoms. The summed E-state index contributed by atoms with van der Waals surface area (Å²) in [5, 5.41) is 3.14. The van der Waals surface area contributed by atoms with Gasteiger partial charge in [0.1, 0.15) is 0 Å². The molecular formula is C22H28N2O. The minimum absolute atomic E-state index is 0.0462. The molecule has 0 radical (unpaired) electrons. The minimum atomic E-state index is 0.0462. The van der Waals surface area contributed by atoms with E-state index in [1.165, 1.54) is 47.9 Å². The standard InChI is InChI=1S/C22H28N2O/c1-17(20-13-12-19-10-6-7-11-21(19)14-20)23-22(25)16-24(2)15-18-8-4-3-5-9-18/h3-5,8-9,12-14,17H,6-7,10-11,15-16H2,1-2H3,(H,23,25). The molecule has 0 spiro atoms. The van der Waals surface area contributed by atoms with Gasteiger partial charge in [-0.15, -0.1) is 0 Å². The van der Waals surface area contributed by atoms with Gasteiger partial charge in [-0.3, -0.25) is 9.69 Å². The van der Waals surface area contributed by atoms with E-state index in [0.29, 0.717) is 6.54 Å². The SMILES string of the molecule is CC(NC(=O)CN(C)Cc1ccccc1)c1ccc2c(c1)CCCC2.